The minimum atomic E-state index is -0.0364. The van der Waals surface area contributed by atoms with Gasteiger partial charge in [-0.15, -0.1) is 0 Å². The van der Waals surface area contributed by atoms with E-state index in [0.717, 1.165) is 42.3 Å². The highest BCUT2D eigenvalue weighted by atomic mass is 16.5. The summed E-state index contributed by atoms with van der Waals surface area (Å²) in [6.45, 7) is 3.20. The van der Waals surface area contributed by atoms with Gasteiger partial charge in [0.2, 0.25) is 0 Å². The zero-order valence-corrected chi connectivity index (χ0v) is 12.8. The third kappa shape index (κ3) is 2.85. The molecule has 2 atom stereocenters. The van der Waals surface area contributed by atoms with Gasteiger partial charge in [0.05, 0.1) is 18.1 Å². The number of esters is 1. The van der Waals surface area contributed by atoms with Crippen LogP contribution in [0, 0.1) is 23.2 Å². The predicted octanol–water partition coefficient (Wildman–Crippen LogP) is 3.49. The fourth-order valence-electron chi connectivity index (χ4n) is 3.15. The highest BCUT2D eigenvalue weighted by molar-refractivity contribution is 5.86. The van der Waals surface area contributed by atoms with Crippen molar-refractivity contribution in [2.45, 2.75) is 32.7 Å². The third-order valence-corrected chi connectivity index (χ3v) is 4.39. The minimum absolute atomic E-state index is 0.0364. The number of nitrogens with zero attached hydrogens (tertiary/aromatic N) is 2. The second-order valence-electron chi connectivity index (χ2n) is 5.86. The first kappa shape index (κ1) is 14.6. The van der Waals surface area contributed by atoms with E-state index < -0.39 is 0 Å². The number of rotatable bonds is 6. The SMILES string of the molecule is CCOC(=O)[C@@H]1C[C@H]1CCCn1cc(C#N)c2ccccc21. The molecule has 4 heteroatoms. The molecule has 0 amide bonds. The molecule has 1 heterocycles. The summed E-state index contributed by atoms with van der Waals surface area (Å²) in [5, 5.41) is 10.2. The van der Waals surface area contributed by atoms with Gasteiger partial charge in [-0.2, -0.15) is 5.26 Å². The van der Waals surface area contributed by atoms with E-state index in [-0.39, 0.29) is 11.9 Å². The van der Waals surface area contributed by atoms with Gasteiger partial charge in [-0.25, -0.2) is 0 Å². The van der Waals surface area contributed by atoms with Gasteiger partial charge in [0, 0.05) is 23.6 Å². The molecule has 0 unspecified atom stereocenters. The normalized spacial score (nSPS) is 19.8. The number of aromatic nitrogens is 1. The van der Waals surface area contributed by atoms with Crippen molar-refractivity contribution in [3.8, 4) is 6.07 Å². The van der Waals surface area contributed by atoms with E-state index in [1.807, 2.05) is 31.3 Å². The van der Waals surface area contributed by atoms with Gasteiger partial charge in [-0.1, -0.05) is 18.2 Å². The van der Waals surface area contributed by atoms with Crippen molar-refractivity contribution in [1.29, 1.82) is 5.26 Å². The summed E-state index contributed by atoms with van der Waals surface area (Å²) in [7, 11) is 0. The number of para-hydroxylation sites is 1. The fraction of sp³-hybridized carbons (Fsp3) is 0.444. The minimum Gasteiger partial charge on any atom is -0.466 e. The molecule has 1 aromatic carbocycles. The quantitative estimate of drug-likeness (QED) is 0.767. The number of carbonyl (C=O) groups is 1. The fourth-order valence-corrected chi connectivity index (χ4v) is 3.15. The molecule has 22 heavy (non-hydrogen) atoms. The van der Waals surface area contributed by atoms with Crippen molar-refractivity contribution in [3.05, 3.63) is 36.0 Å². The Balaban J connectivity index is 1.57. The van der Waals surface area contributed by atoms with Crippen molar-refractivity contribution in [1.82, 2.24) is 4.57 Å². The van der Waals surface area contributed by atoms with E-state index >= 15 is 0 Å². The lowest BCUT2D eigenvalue weighted by atomic mass is 10.2. The molecule has 0 aliphatic heterocycles. The van der Waals surface area contributed by atoms with Crippen molar-refractivity contribution in [2.75, 3.05) is 6.61 Å². The Morgan fingerprint density at radius 1 is 1.45 bits per heavy atom. The Morgan fingerprint density at radius 2 is 2.27 bits per heavy atom. The number of nitriles is 1. The highest BCUT2D eigenvalue weighted by Crippen LogP contribution is 2.43. The summed E-state index contributed by atoms with van der Waals surface area (Å²) in [6.07, 6.45) is 4.96. The number of hydrogen-bond donors (Lipinski definition) is 0. The van der Waals surface area contributed by atoms with Crippen molar-refractivity contribution >= 4 is 16.9 Å². The second kappa shape index (κ2) is 6.23. The Kier molecular flexibility index (Phi) is 4.15. The van der Waals surface area contributed by atoms with Gasteiger partial charge in [-0.3, -0.25) is 4.79 Å². The van der Waals surface area contributed by atoms with E-state index in [0.29, 0.717) is 12.5 Å². The summed E-state index contributed by atoms with van der Waals surface area (Å²) in [6, 6.07) is 10.3. The van der Waals surface area contributed by atoms with Crippen LogP contribution < -0.4 is 0 Å². The lowest BCUT2D eigenvalue weighted by Crippen LogP contribution is -2.07. The maximum absolute atomic E-state index is 11.6. The molecule has 1 aliphatic rings. The van der Waals surface area contributed by atoms with E-state index in [9.17, 15) is 10.1 Å². The van der Waals surface area contributed by atoms with Crippen LogP contribution >= 0.6 is 0 Å². The van der Waals surface area contributed by atoms with Gasteiger partial charge < -0.3 is 9.30 Å². The van der Waals surface area contributed by atoms with Crippen molar-refractivity contribution in [2.24, 2.45) is 11.8 Å². The number of benzene rings is 1. The first-order valence-corrected chi connectivity index (χ1v) is 7.89. The van der Waals surface area contributed by atoms with Crippen LogP contribution in [-0.4, -0.2) is 17.1 Å². The standard InChI is InChI=1S/C18H20N2O2/c1-2-22-18(21)16-10-13(16)6-5-9-20-12-14(11-19)15-7-3-4-8-17(15)20/h3-4,7-8,12-13,16H,2,5-6,9-10H2,1H3/t13-,16-/m1/s1. The monoisotopic (exact) mass is 296 g/mol. The molecule has 0 saturated heterocycles. The van der Waals surface area contributed by atoms with Crippen LogP contribution in [0.5, 0.6) is 0 Å². The molecule has 1 aromatic heterocycles. The van der Waals surface area contributed by atoms with E-state index in [1.165, 1.54) is 0 Å². The van der Waals surface area contributed by atoms with Crippen LogP contribution in [0.1, 0.15) is 31.7 Å². The van der Waals surface area contributed by atoms with Gasteiger partial charge in [-0.05, 0) is 38.2 Å². The third-order valence-electron chi connectivity index (χ3n) is 4.39. The Hall–Kier alpha value is -2.28. The molecule has 2 aromatic rings. The molecule has 0 N–H and O–H groups in total. The number of ether oxygens (including phenoxy) is 1. The summed E-state index contributed by atoms with van der Waals surface area (Å²) < 4.78 is 7.20. The zero-order chi connectivity index (χ0) is 15.5. The first-order chi connectivity index (χ1) is 10.7. The summed E-state index contributed by atoms with van der Waals surface area (Å²) in [5.41, 5.74) is 1.84. The van der Waals surface area contributed by atoms with E-state index in [1.54, 1.807) is 0 Å². The van der Waals surface area contributed by atoms with Crippen LogP contribution in [0.4, 0.5) is 0 Å². The lowest BCUT2D eigenvalue weighted by Gasteiger charge is -2.05. The number of fused-ring (bicyclic) bond motifs is 1. The number of carbonyl (C=O) groups excluding carboxylic acids is 1. The molecule has 4 nitrogen and oxygen atoms in total. The highest BCUT2D eigenvalue weighted by Gasteiger charge is 2.43. The molecule has 1 fully saturated rings. The summed E-state index contributed by atoms with van der Waals surface area (Å²) in [5.74, 6) is 0.568. The van der Waals surface area contributed by atoms with E-state index in [2.05, 4.69) is 16.7 Å². The first-order valence-electron chi connectivity index (χ1n) is 7.89. The van der Waals surface area contributed by atoms with Crippen LogP contribution in [0.3, 0.4) is 0 Å². The van der Waals surface area contributed by atoms with Gasteiger partial charge >= 0.3 is 5.97 Å². The molecule has 1 aliphatic carbocycles. The lowest BCUT2D eigenvalue weighted by molar-refractivity contribution is -0.145. The van der Waals surface area contributed by atoms with Gasteiger partial charge in [0.15, 0.2) is 0 Å². The summed E-state index contributed by atoms with van der Waals surface area (Å²) >= 11 is 0. The molecule has 0 bridgehead atoms. The van der Waals surface area contributed by atoms with E-state index in [4.69, 9.17) is 4.74 Å². The average Bonchev–Trinajstić information content (AvgIpc) is 3.22. The summed E-state index contributed by atoms with van der Waals surface area (Å²) in [4.78, 5) is 11.6. The topological polar surface area (TPSA) is 55.0 Å². The molecule has 114 valence electrons. The maximum atomic E-state index is 11.6. The average molecular weight is 296 g/mol. The van der Waals surface area contributed by atoms with Crippen LogP contribution in [-0.2, 0) is 16.1 Å². The molecule has 3 rings (SSSR count). The Bertz CT molecular complexity index is 726. The second-order valence-corrected chi connectivity index (χ2v) is 5.86. The van der Waals surface area contributed by atoms with Crippen LogP contribution in [0.2, 0.25) is 0 Å². The Labute approximate surface area is 130 Å². The molecule has 0 spiro atoms. The van der Waals surface area contributed by atoms with Gasteiger partial charge in [0.1, 0.15) is 6.07 Å². The van der Waals surface area contributed by atoms with Crippen LogP contribution in [0.25, 0.3) is 10.9 Å². The van der Waals surface area contributed by atoms with Crippen LogP contribution in [0.15, 0.2) is 30.5 Å². The number of hydrogen-bond acceptors (Lipinski definition) is 3. The predicted molar refractivity (Wildman–Crippen MR) is 84.1 cm³/mol. The zero-order valence-electron chi connectivity index (χ0n) is 12.8. The molecular weight excluding hydrogens is 276 g/mol. The smallest absolute Gasteiger partial charge is 0.309 e. The van der Waals surface area contributed by atoms with Gasteiger partial charge in [0.25, 0.3) is 0 Å². The Morgan fingerprint density at radius 3 is 3.05 bits per heavy atom. The molecule has 1 saturated carbocycles. The van der Waals surface area contributed by atoms with Crippen molar-refractivity contribution in [3.63, 3.8) is 0 Å². The maximum Gasteiger partial charge on any atom is 0.309 e. The number of aryl methyl sites for hydroxylation is 1. The molecular formula is C18H20N2O2. The van der Waals surface area contributed by atoms with Crippen molar-refractivity contribution < 1.29 is 9.53 Å². The molecule has 0 radical (unpaired) electrons. The largest absolute Gasteiger partial charge is 0.466 e.